The average Bonchev–Trinajstić information content (AvgIpc) is 3.21. The van der Waals surface area contributed by atoms with Gasteiger partial charge in [-0.3, -0.25) is 0 Å². The molecule has 5 saturated carbocycles. The molecule has 112 valence electrons. The number of nitrogens with zero attached hydrogens (tertiary/aromatic N) is 2. The fourth-order valence-electron chi connectivity index (χ4n) is 9.17. The Morgan fingerprint density at radius 3 is 1.64 bits per heavy atom. The Morgan fingerprint density at radius 1 is 0.682 bits per heavy atom. The third-order valence-corrected chi connectivity index (χ3v) is 9.04. The molecule has 5 fully saturated rings. The molecule has 0 aromatic rings. The van der Waals surface area contributed by atoms with Gasteiger partial charge in [0.2, 0.25) is 0 Å². The van der Waals surface area contributed by atoms with Crippen molar-refractivity contribution in [3.8, 4) is 12.1 Å². The molecule has 2 nitrogen and oxygen atoms in total. The normalized spacial score (nSPS) is 64.1. The highest BCUT2D eigenvalue weighted by Gasteiger charge is 2.76. The number of hydrogen-bond acceptors (Lipinski definition) is 2. The van der Waals surface area contributed by atoms with E-state index in [2.05, 4.69) is 24.3 Å². The maximum Gasteiger partial charge on any atom is 0.0624 e. The molecule has 10 unspecified atom stereocenters. The fraction of sp³-hybridized carbons (Fsp3) is 0.800. The maximum atomic E-state index is 9.26. The van der Waals surface area contributed by atoms with Gasteiger partial charge >= 0.3 is 0 Å². The SMILES string of the molecule is N#CCC1CC2C3CC(CC#N)C4C5C=CC6C1C2C(C65)C34. The van der Waals surface area contributed by atoms with E-state index in [1.807, 2.05) is 0 Å². The summed E-state index contributed by atoms with van der Waals surface area (Å²) in [4.78, 5) is 0. The van der Waals surface area contributed by atoms with E-state index < -0.39 is 0 Å². The van der Waals surface area contributed by atoms with Gasteiger partial charge in [0, 0.05) is 12.8 Å². The van der Waals surface area contributed by atoms with Gasteiger partial charge in [0.25, 0.3) is 0 Å². The highest BCUT2D eigenvalue weighted by Crippen LogP contribution is 2.80. The molecule has 0 spiro atoms. The van der Waals surface area contributed by atoms with Crippen molar-refractivity contribution < 1.29 is 0 Å². The second-order valence-corrected chi connectivity index (χ2v) is 9.05. The van der Waals surface area contributed by atoms with E-state index in [-0.39, 0.29) is 0 Å². The van der Waals surface area contributed by atoms with Crippen LogP contribution < -0.4 is 0 Å². The zero-order valence-corrected chi connectivity index (χ0v) is 12.8. The van der Waals surface area contributed by atoms with Crippen LogP contribution in [-0.2, 0) is 0 Å². The molecular weight excluding hydrogens is 268 g/mol. The fourth-order valence-corrected chi connectivity index (χ4v) is 9.17. The Morgan fingerprint density at radius 2 is 1.18 bits per heavy atom. The molecular formula is C20H22N2. The zero-order chi connectivity index (χ0) is 14.6. The molecule has 2 heteroatoms. The number of allylic oxidation sites excluding steroid dienone is 2. The molecule has 0 heterocycles. The Kier molecular flexibility index (Phi) is 2.10. The molecule has 6 aliphatic carbocycles. The van der Waals surface area contributed by atoms with Crippen molar-refractivity contribution >= 4 is 0 Å². The van der Waals surface area contributed by atoms with Crippen molar-refractivity contribution in [2.75, 3.05) is 0 Å². The lowest BCUT2D eigenvalue weighted by Gasteiger charge is -2.27. The van der Waals surface area contributed by atoms with Gasteiger partial charge in [0.1, 0.15) is 0 Å². The van der Waals surface area contributed by atoms with E-state index >= 15 is 0 Å². The number of hydrogen-bond donors (Lipinski definition) is 0. The van der Waals surface area contributed by atoms with Crippen LogP contribution in [0.5, 0.6) is 0 Å². The van der Waals surface area contributed by atoms with Gasteiger partial charge in [-0.05, 0) is 83.9 Å². The van der Waals surface area contributed by atoms with Gasteiger partial charge in [-0.1, -0.05) is 12.2 Å². The van der Waals surface area contributed by atoms with Gasteiger partial charge in [0.05, 0.1) is 12.1 Å². The number of fused-ring (bicyclic) bond motifs is 3. The summed E-state index contributed by atoms with van der Waals surface area (Å²) in [5.41, 5.74) is 0. The van der Waals surface area contributed by atoms with Gasteiger partial charge in [-0.25, -0.2) is 0 Å². The van der Waals surface area contributed by atoms with Crippen molar-refractivity contribution in [2.45, 2.75) is 25.7 Å². The summed E-state index contributed by atoms with van der Waals surface area (Å²) >= 11 is 0. The average molecular weight is 290 g/mol. The van der Waals surface area contributed by atoms with Crippen LogP contribution >= 0.6 is 0 Å². The molecule has 0 aliphatic heterocycles. The van der Waals surface area contributed by atoms with Crippen LogP contribution in [0.4, 0.5) is 0 Å². The molecule has 10 atom stereocenters. The number of rotatable bonds is 2. The first-order chi connectivity index (χ1) is 10.8. The third kappa shape index (κ3) is 1.08. The Hall–Kier alpha value is -1.28. The summed E-state index contributed by atoms with van der Waals surface area (Å²) in [6.45, 7) is 0. The van der Waals surface area contributed by atoms with Crippen molar-refractivity contribution in [1.29, 1.82) is 10.5 Å². The van der Waals surface area contributed by atoms with Crippen LogP contribution in [0.3, 0.4) is 0 Å². The topological polar surface area (TPSA) is 47.6 Å². The van der Waals surface area contributed by atoms with Crippen LogP contribution in [0.2, 0.25) is 0 Å². The molecule has 6 rings (SSSR count). The molecule has 0 radical (unpaired) electrons. The first kappa shape index (κ1) is 12.2. The van der Waals surface area contributed by atoms with Crippen molar-refractivity contribution in [2.24, 2.45) is 71.0 Å². The molecule has 0 saturated heterocycles. The monoisotopic (exact) mass is 290 g/mol. The molecule has 0 N–H and O–H groups in total. The Bertz CT molecular complexity index is 598. The van der Waals surface area contributed by atoms with Crippen LogP contribution in [0.25, 0.3) is 0 Å². The molecule has 0 bridgehead atoms. The van der Waals surface area contributed by atoms with Crippen molar-refractivity contribution in [3.63, 3.8) is 0 Å². The molecule has 6 aliphatic rings. The van der Waals surface area contributed by atoms with Gasteiger partial charge in [-0.15, -0.1) is 0 Å². The first-order valence-electron chi connectivity index (χ1n) is 9.27. The van der Waals surface area contributed by atoms with E-state index in [4.69, 9.17) is 0 Å². The quantitative estimate of drug-likeness (QED) is 0.729. The predicted molar refractivity (Wildman–Crippen MR) is 80.7 cm³/mol. The summed E-state index contributed by atoms with van der Waals surface area (Å²) in [6, 6.07) is 4.98. The standard InChI is InChI=1S/C20H22N2/c21-5-3-9-7-13-14-8-10(4-6-22)16-12-2-1-11-15(9)18(13)20(17(11)12)19(14)16/h1-2,9-20H,3-4,7-8H2. The van der Waals surface area contributed by atoms with Gasteiger partial charge in [-0.2, -0.15) is 10.5 Å². The minimum Gasteiger partial charge on any atom is -0.198 e. The summed E-state index contributed by atoms with van der Waals surface area (Å²) in [7, 11) is 0. The minimum absolute atomic E-state index is 0.674. The Balaban J connectivity index is 1.47. The van der Waals surface area contributed by atoms with E-state index in [1.165, 1.54) is 12.8 Å². The van der Waals surface area contributed by atoms with E-state index in [0.717, 1.165) is 72.0 Å². The molecule has 0 amide bonds. The summed E-state index contributed by atoms with van der Waals surface area (Å²) in [5.74, 6) is 10.2. The lowest BCUT2D eigenvalue weighted by molar-refractivity contribution is 0.225. The smallest absolute Gasteiger partial charge is 0.0624 e. The highest BCUT2D eigenvalue weighted by molar-refractivity contribution is 5.31. The zero-order valence-electron chi connectivity index (χ0n) is 12.8. The molecule has 0 aromatic heterocycles. The largest absolute Gasteiger partial charge is 0.198 e. The number of nitriles is 2. The first-order valence-corrected chi connectivity index (χ1v) is 9.27. The van der Waals surface area contributed by atoms with Gasteiger partial charge in [0.15, 0.2) is 0 Å². The van der Waals surface area contributed by atoms with Crippen LogP contribution in [0.1, 0.15) is 25.7 Å². The van der Waals surface area contributed by atoms with E-state index in [1.54, 1.807) is 0 Å². The van der Waals surface area contributed by atoms with Crippen molar-refractivity contribution in [1.82, 2.24) is 0 Å². The van der Waals surface area contributed by atoms with Crippen LogP contribution in [0.15, 0.2) is 12.2 Å². The molecule has 22 heavy (non-hydrogen) atoms. The second-order valence-electron chi connectivity index (χ2n) is 9.05. The summed E-state index contributed by atoms with van der Waals surface area (Å²) < 4.78 is 0. The highest BCUT2D eigenvalue weighted by atomic mass is 14.8. The lowest BCUT2D eigenvalue weighted by atomic mass is 9.77. The summed E-state index contributed by atoms with van der Waals surface area (Å²) in [5, 5.41) is 18.5. The summed E-state index contributed by atoms with van der Waals surface area (Å²) in [6.07, 6.45) is 9.34. The maximum absolute atomic E-state index is 9.26. The predicted octanol–water partition coefficient (Wildman–Crippen LogP) is 3.63. The van der Waals surface area contributed by atoms with Gasteiger partial charge < -0.3 is 0 Å². The van der Waals surface area contributed by atoms with Crippen LogP contribution in [-0.4, -0.2) is 0 Å². The second kappa shape index (κ2) is 3.79. The van der Waals surface area contributed by atoms with E-state index in [9.17, 15) is 10.5 Å². The van der Waals surface area contributed by atoms with Crippen molar-refractivity contribution in [3.05, 3.63) is 12.2 Å². The minimum atomic E-state index is 0.674. The van der Waals surface area contributed by atoms with Crippen LogP contribution in [0, 0.1) is 93.7 Å². The molecule has 0 aromatic carbocycles. The lowest BCUT2D eigenvalue weighted by Crippen LogP contribution is -2.23. The van der Waals surface area contributed by atoms with E-state index in [0.29, 0.717) is 11.8 Å². The Labute approximate surface area is 132 Å². The third-order valence-electron chi connectivity index (χ3n) is 9.04.